The average Bonchev–Trinajstić information content (AvgIpc) is 2.41. The number of nitrogens with zero attached hydrogens (tertiary/aromatic N) is 3. The van der Waals surface area contributed by atoms with Gasteiger partial charge in [-0.15, -0.1) is 10.2 Å². The molecule has 1 rings (SSSR count). The fraction of sp³-hybridized carbons (Fsp3) is 0.750. The predicted molar refractivity (Wildman–Crippen MR) is 43.3 cm³/mol. The molecular formula is C4H7BrN4S. The molecule has 1 heterocycles. The normalized spacial score (nSPS) is 10.1. The van der Waals surface area contributed by atoms with E-state index in [9.17, 15) is 0 Å². The molecule has 0 unspecified atom stereocenters. The van der Waals surface area contributed by atoms with Crippen molar-refractivity contribution in [3.63, 3.8) is 0 Å². The van der Waals surface area contributed by atoms with Gasteiger partial charge in [0.05, 0.1) is 0 Å². The molecule has 0 aliphatic heterocycles. The van der Waals surface area contributed by atoms with Crippen molar-refractivity contribution < 1.29 is 0 Å². The number of halogens is 1. The summed E-state index contributed by atoms with van der Waals surface area (Å²) in [5.74, 6) is 1.03. The van der Waals surface area contributed by atoms with Crippen molar-refractivity contribution in [3.05, 3.63) is 0 Å². The second-order valence-corrected chi connectivity index (χ2v) is 3.44. The Bertz CT molecular complexity index is 166. The maximum Gasteiger partial charge on any atom is 0.230 e. The molecule has 1 N–H and O–H groups in total. The lowest BCUT2D eigenvalue weighted by Crippen LogP contribution is -1.81. The van der Waals surface area contributed by atoms with E-state index >= 15 is 0 Å². The fourth-order valence-electron chi connectivity index (χ4n) is 0.432. The van der Waals surface area contributed by atoms with Gasteiger partial charge in [-0.3, -0.25) is 0 Å². The number of tetrazole rings is 1. The first-order chi connectivity index (χ1) is 4.93. The molecular weight excluding hydrogens is 216 g/mol. The Hall–Kier alpha value is -0.100. The molecule has 10 heavy (non-hydrogen) atoms. The van der Waals surface area contributed by atoms with Gasteiger partial charge in [-0.05, 0) is 11.6 Å². The summed E-state index contributed by atoms with van der Waals surface area (Å²) >= 11 is 4.94. The first-order valence-electron chi connectivity index (χ1n) is 2.85. The molecule has 0 aliphatic rings. The quantitative estimate of drug-likeness (QED) is 0.471. The van der Waals surface area contributed by atoms with Gasteiger partial charge in [-0.25, -0.2) is 0 Å². The standard InChI is InChI=1S/C4H7BrN4S/c5-2-1-3-10-4-6-8-9-7-4/h1-3H2,(H,6,7,8,9). The second kappa shape index (κ2) is 4.68. The molecule has 0 radical (unpaired) electrons. The van der Waals surface area contributed by atoms with Crippen molar-refractivity contribution in [2.24, 2.45) is 0 Å². The SMILES string of the molecule is BrCCCSc1nn[nH]n1. The van der Waals surface area contributed by atoms with Crippen LogP contribution in [0.5, 0.6) is 0 Å². The third-order valence-corrected chi connectivity index (χ3v) is 2.32. The molecule has 1 aromatic rings. The van der Waals surface area contributed by atoms with Crippen LogP contribution in [0.3, 0.4) is 0 Å². The highest BCUT2D eigenvalue weighted by atomic mass is 79.9. The molecule has 0 aliphatic carbocycles. The maximum absolute atomic E-state index is 3.79. The largest absolute Gasteiger partial charge is 0.230 e. The molecule has 0 bridgehead atoms. The first kappa shape index (κ1) is 8.00. The summed E-state index contributed by atoms with van der Waals surface area (Å²) in [4.78, 5) is 0. The van der Waals surface area contributed by atoms with Crippen molar-refractivity contribution in [2.45, 2.75) is 11.6 Å². The zero-order valence-electron chi connectivity index (χ0n) is 5.25. The van der Waals surface area contributed by atoms with Crippen molar-refractivity contribution in [2.75, 3.05) is 11.1 Å². The minimum absolute atomic E-state index is 0.723. The van der Waals surface area contributed by atoms with Gasteiger partial charge in [0.25, 0.3) is 0 Å². The highest BCUT2D eigenvalue weighted by molar-refractivity contribution is 9.09. The number of H-pyrrole nitrogens is 1. The van der Waals surface area contributed by atoms with Crippen LogP contribution < -0.4 is 0 Å². The Morgan fingerprint density at radius 1 is 1.60 bits per heavy atom. The molecule has 4 nitrogen and oxygen atoms in total. The van der Waals surface area contributed by atoms with Gasteiger partial charge in [-0.1, -0.05) is 27.7 Å². The molecule has 56 valence electrons. The molecule has 0 saturated carbocycles. The number of rotatable bonds is 4. The van der Waals surface area contributed by atoms with Gasteiger partial charge in [0.15, 0.2) is 0 Å². The maximum atomic E-state index is 3.79. The molecule has 0 amide bonds. The third kappa shape index (κ3) is 2.66. The van der Waals surface area contributed by atoms with E-state index in [0.717, 1.165) is 22.7 Å². The molecule has 0 aromatic carbocycles. The van der Waals surface area contributed by atoms with Gasteiger partial charge in [-0.2, -0.15) is 5.21 Å². The Morgan fingerprint density at radius 3 is 3.10 bits per heavy atom. The minimum Gasteiger partial charge on any atom is -0.176 e. The number of thioether (sulfide) groups is 1. The zero-order chi connectivity index (χ0) is 7.23. The van der Waals surface area contributed by atoms with E-state index < -0.39 is 0 Å². The second-order valence-electron chi connectivity index (χ2n) is 1.59. The van der Waals surface area contributed by atoms with Crippen molar-refractivity contribution in [1.29, 1.82) is 0 Å². The zero-order valence-corrected chi connectivity index (χ0v) is 7.65. The van der Waals surface area contributed by atoms with Crippen LogP contribution in [-0.2, 0) is 0 Å². The van der Waals surface area contributed by atoms with Crippen LogP contribution >= 0.6 is 27.7 Å². The van der Waals surface area contributed by atoms with Gasteiger partial charge in [0.2, 0.25) is 5.16 Å². The number of nitrogens with one attached hydrogen (secondary N) is 1. The monoisotopic (exact) mass is 222 g/mol. The lowest BCUT2D eigenvalue weighted by molar-refractivity contribution is 0.881. The summed E-state index contributed by atoms with van der Waals surface area (Å²) in [6.45, 7) is 0. The smallest absolute Gasteiger partial charge is 0.176 e. The number of aromatic nitrogens is 4. The highest BCUT2D eigenvalue weighted by Gasteiger charge is 1.95. The van der Waals surface area contributed by atoms with Gasteiger partial charge < -0.3 is 0 Å². The summed E-state index contributed by atoms with van der Waals surface area (Å²) in [6.07, 6.45) is 1.12. The number of hydrogen-bond acceptors (Lipinski definition) is 4. The summed E-state index contributed by atoms with van der Waals surface area (Å²) in [6, 6.07) is 0. The third-order valence-electron chi connectivity index (χ3n) is 0.835. The van der Waals surface area contributed by atoms with E-state index in [1.54, 1.807) is 11.8 Å². The highest BCUT2D eigenvalue weighted by Crippen LogP contribution is 2.11. The lowest BCUT2D eigenvalue weighted by Gasteiger charge is -1.89. The van der Waals surface area contributed by atoms with E-state index in [4.69, 9.17) is 0 Å². The fourth-order valence-corrected chi connectivity index (χ4v) is 1.76. The topological polar surface area (TPSA) is 54.5 Å². The minimum atomic E-state index is 0.723. The predicted octanol–water partition coefficient (Wildman–Crippen LogP) is 1.08. The van der Waals surface area contributed by atoms with Crippen LogP contribution in [0, 0.1) is 0 Å². The lowest BCUT2D eigenvalue weighted by atomic mass is 10.6. The van der Waals surface area contributed by atoms with Crippen LogP contribution in [0.4, 0.5) is 0 Å². The summed E-state index contributed by atoms with van der Waals surface area (Å²) < 4.78 is 0. The van der Waals surface area contributed by atoms with E-state index in [0.29, 0.717) is 0 Å². The summed E-state index contributed by atoms with van der Waals surface area (Å²) in [5.41, 5.74) is 0. The van der Waals surface area contributed by atoms with E-state index in [2.05, 4.69) is 36.6 Å². The molecule has 0 fully saturated rings. The van der Waals surface area contributed by atoms with Crippen molar-refractivity contribution >= 4 is 27.7 Å². The molecule has 6 heteroatoms. The Labute approximate surface area is 71.3 Å². The van der Waals surface area contributed by atoms with E-state index in [1.165, 1.54) is 0 Å². The Kier molecular flexibility index (Phi) is 3.74. The van der Waals surface area contributed by atoms with Crippen LogP contribution in [0.1, 0.15) is 6.42 Å². The van der Waals surface area contributed by atoms with Gasteiger partial charge >= 0.3 is 0 Å². The van der Waals surface area contributed by atoms with E-state index in [1.807, 2.05) is 0 Å². The molecule has 0 spiro atoms. The van der Waals surface area contributed by atoms with Crippen molar-refractivity contribution in [1.82, 2.24) is 20.6 Å². The van der Waals surface area contributed by atoms with Crippen LogP contribution in [0.25, 0.3) is 0 Å². The summed E-state index contributed by atoms with van der Waals surface area (Å²) in [5, 5.41) is 15.2. The van der Waals surface area contributed by atoms with Crippen LogP contribution in [0.15, 0.2) is 5.16 Å². The van der Waals surface area contributed by atoms with Gasteiger partial charge in [0.1, 0.15) is 0 Å². The Balaban J connectivity index is 2.15. The number of alkyl halides is 1. The Morgan fingerprint density at radius 2 is 2.50 bits per heavy atom. The molecule has 0 saturated heterocycles. The van der Waals surface area contributed by atoms with Crippen LogP contribution in [-0.4, -0.2) is 31.7 Å². The molecule has 0 atom stereocenters. The summed E-state index contributed by atoms with van der Waals surface area (Å²) in [7, 11) is 0. The average molecular weight is 223 g/mol. The van der Waals surface area contributed by atoms with E-state index in [-0.39, 0.29) is 0 Å². The van der Waals surface area contributed by atoms with Gasteiger partial charge in [0, 0.05) is 11.1 Å². The van der Waals surface area contributed by atoms with Crippen LogP contribution in [0.2, 0.25) is 0 Å². The number of hydrogen-bond donors (Lipinski definition) is 1. The number of aromatic amines is 1. The first-order valence-corrected chi connectivity index (χ1v) is 4.96. The molecule has 1 aromatic heterocycles. The van der Waals surface area contributed by atoms with Crippen molar-refractivity contribution in [3.8, 4) is 0 Å².